The molecule has 1 rings (SSSR count). The van der Waals surface area contributed by atoms with Crippen LogP contribution in [0.3, 0.4) is 0 Å². The molecule has 0 radical (unpaired) electrons. The van der Waals surface area contributed by atoms with Crippen molar-refractivity contribution in [2.75, 3.05) is 11.5 Å². The smallest absolute Gasteiger partial charge is 0.240 e. The van der Waals surface area contributed by atoms with E-state index >= 15 is 0 Å². The van der Waals surface area contributed by atoms with E-state index in [0.29, 0.717) is 6.42 Å². The Morgan fingerprint density at radius 2 is 2.14 bits per heavy atom. The van der Waals surface area contributed by atoms with E-state index in [1.54, 1.807) is 18.7 Å². The van der Waals surface area contributed by atoms with Crippen LogP contribution in [0, 0.1) is 5.82 Å². The molecule has 0 saturated heterocycles. The molecule has 0 aliphatic carbocycles. The molecule has 0 aromatic heterocycles. The van der Waals surface area contributed by atoms with Gasteiger partial charge in [0, 0.05) is 12.6 Å². The van der Waals surface area contributed by atoms with Gasteiger partial charge in [0.05, 0.1) is 9.92 Å². The molecule has 1 unspecified atom stereocenters. The van der Waals surface area contributed by atoms with Gasteiger partial charge >= 0.3 is 0 Å². The summed E-state index contributed by atoms with van der Waals surface area (Å²) >= 11 is 7.47. The fraction of sp³-hybridized carbons (Fsp3) is 0.538. The Morgan fingerprint density at radius 3 is 2.71 bits per heavy atom. The first-order valence-corrected chi connectivity index (χ1v) is 9.61. The van der Waals surface area contributed by atoms with Gasteiger partial charge in [-0.25, -0.2) is 17.5 Å². The SMILES string of the molecule is CCSCCC(C)NS(=O)(=O)c1cc(F)c(Cl)c(CN)c1. The second-order valence-corrected chi connectivity index (χ2v) is 8.08. The Kier molecular flexibility index (Phi) is 7.42. The molecule has 21 heavy (non-hydrogen) atoms. The van der Waals surface area contributed by atoms with Gasteiger partial charge in [0.1, 0.15) is 5.82 Å². The van der Waals surface area contributed by atoms with Crippen molar-refractivity contribution in [2.24, 2.45) is 5.73 Å². The molecule has 1 aromatic rings. The molecule has 0 saturated carbocycles. The lowest BCUT2D eigenvalue weighted by atomic mass is 10.2. The maximum absolute atomic E-state index is 13.7. The summed E-state index contributed by atoms with van der Waals surface area (Å²) in [6.45, 7) is 3.80. The number of nitrogens with one attached hydrogen (secondary N) is 1. The lowest BCUT2D eigenvalue weighted by Crippen LogP contribution is -2.33. The summed E-state index contributed by atoms with van der Waals surface area (Å²) in [4.78, 5) is -0.153. The molecule has 120 valence electrons. The summed E-state index contributed by atoms with van der Waals surface area (Å²) in [7, 11) is -3.78. The summed E-state index contributed by atoms with van der Waals surface area (Å²) in [6.07, 6.45) is 0.706. The molecule has 8 heteroatoms. The first kappa shape index (κ1) is 18.7. The highest BCUT2D eigenvalue weighted by Crippen LogP contribution is 2.24. The molecule has 1 aromatic carbocycles. The van der Waals surface area contributed by atoms with Crippen LogP contribution >= 0.6 is 23.4 Å². The minimum absolute atomic E-state index is 0.0260. The van der Waals surface area contributed by atoms with Crippen LogP contribution in [0.2, 0.25) is 5.02 Å². The van der Waals surface area contributed by atoms with E-state index in [1.165, 1.54) is 6.07 Å². The Morgan fingerprint density at radius 1 is 1.48 bits per heavy atom. The van der Waals surface area contributed by atoms with Crippen LogP contribution in [0.15, 0.2) is 17.0 Å². The molecule has 0 fully saturated rings. The van der Waals surface area contributed by atoms with E-state index in [0.717, 1.165) is 17.6 Å². The predicted octanol–water partition coefficient (Wildman–Crippen LogP) is 2.75. The second-order valence-electron chi connectivity index (χ2n) is 4.59. The Hall–Kier alpha value is -0.340. The number of rotatable bonds is 8. The van der Waals surface area contributed by atoms with Crippen molar-refractivity contribution < 1.29 is 12.8 Å². The van der Waals surface area contributed by atoms with Crippen LogP contribution in [-0.4, -0.2) is 26.0 Å². The Bertz CT molecular complexity index is 582. The van der Waals surface area contributed by atoms with Crippen molar-refractivity contribution >= 4 is 33.4 Å². The molecule has 0 aliphatic heterocycles. The number of benzene rings is 1. The summed E-state index contributed by atoms with van der Waals surface area (Å²) in [5, 5.41) is -0.135. The fourth-order valence-electron chi connectivity index (χ4n) is 1.72. The number of thioether (sulfide) groups is 1. The van der Waals surface area contributed by atoms with Crippen molar-refractivity contribution in [3.63, 3.8) is 0 Å². The van der Waals surface area contributed by atoms with Crippen LogP contribution < -0.4 is 10.5 Å². The zero-order valence-electron chi connectivity index (χ0n) is 12.0. The van der Waals surface area contributed by atoms with E-state index in [9.17, 15) is 12.8 Å². The maximum Gasteiger partial charge on any atom is 0.240 e. The maximum atomic E-state index is 13.7. The van der Waals surface area contributed by atoms with Gasteiger partial charge in [0.25, 0.3) is 0 Å². The van der Waals surface area contributed by atoms with E-state index in [2.05, 4.69) is 4.72 Å². The van der Waals surface area contributed by atoms with E-state index in [1.807, 2.05) is 6.92 Å². The van der Waals surface area contributed by atoms with Gasteiger partial charge in [-0.05, 0) is 42.5 Å². The molecule has 4 nitrogen and oxygen atoms in total. The third-order valence-corrected chi connectivity index (χ3v) is 5.79. The average molecular weight is 355 g/mol. The van der Waals surface area contributed by atoms with Gasteiger partial charge in [-0.3, -0.25) is 0 Å². The first-order chi connectivity index (χ1) is 9.81. The normalized spacial score (nSPS) is 13.4. The van der Waals surface area contributed by atoms with Crippen molar-refractivity contribution in [3.05, 3.63) is 28.5 Å². The van der Waals surface area contributed by atoms with Crippen molar-refractivity contribution in [1.82, 2.24) is 4.72 Å². The van der Waals surface area contributed by atoms with Crippen LogP contribution in [0.4, 0.5) is 4.39 Å². The highest BCUT2D eigenvalue weighted by atomic mass is 35.5. The summed E-state index contributed by atoms with van der Waals surface area (Å²) in [5.74, 6) is 1.07. The molecular formula is C13H20ClFN2O2S2. The van der Waals surface area contributed by atoms with E-state index < -0.39 is 15.8 Å². The van der Waals surface area contributed by atoms with Crippen LogP contribution in [0.25, 0.3) is 0 Å². The largest absolute Gasteiger partial charge is 0.326 e. The molecule has 1 atom stereocenters. The topological polar surface area (TPSA) is 72.2 Å². The molecule has 0 spiro atoms. The molecule has 0 bridgehead atoms. The quantitative estimate of drug-likeness (QED) is 0.704. The van der Waals surface area contributed by atoms with Crippen molar-refractivity contribution in [2.45, 2.75) is 37.8 Å². The number of hydrogen-bond acceptors (Lipinski definition) is 4. The van der Waals surface area contributed by atoms with Crippen LogP contribution in [0.1, 0.15) is 25.8 Å². The van der Waals surface area contributed by atoms with Gasteiger partial charge < -0.3 is 5.73 Å². The Balaban J connectivity index is 2.90. The summed E-state index contributed by atoms with van der Waals surface area (Å²) in [5.41, 5.74) is 5.71. The molecule has 0 aliphatic rings. The standard InChI is InChI=1S/C13H20ClFN2O2S2/c1-3-20-5-4-9(2)17-21(18,19)11-6-10(8-16)13(14)12(15)7-11/h6-7,9,17H,3-5,8,16H2,1-2H3. The van der Waals surface area contributed by atoms with Gasteiger partial charge in [-0.1, -0.05) is 18.5 Å². The zero-order valence-corrected chi connectivity index (χ0v) is 14.4. The highest BCUT2D eigenvalue weighted by molar-refractivity contribution is 7.99. The third kappa shape index (κ3) is 5.41. The minimum atomic E-state index is -3.78. The molecular weight excluding hydrogens is 335 g/mol. The number of hydrogen-bond donors (Lipinski definition) is 2. The lowest BCUT2D eigenvalue weighted by molar-refractivity contribution is 0.554. The zero-order chi connectivity index (χ0) is 16.0. The van der Waals surface area contributed by atoms with Crippen molar-refractivity contribution in [1.29, 1.82) is 0 Å². The van der Waals surface area contributed by atoms with Gasteiger partial charge in [-0.2, -0.15) is 11.8 Å². The first-order valence-electron chi connectivity index (χ1n) is 6.59. The predicted molar refractivity (Wildman–Crippen MR) is 86.7 cm³/mol. The number of halogens is 2. The van der Waals surface area contributed by atoms with E-state index in [-0.39, 0.29) is 28.1 Å². The summed E-state index contributed by atoms with van der Waals surface area (Å²) < 4.78 is 40.7. The number of sulfonamides is 1. The second kappa shape index (κ2) is 8.33. The minimum Gasteiger partial charge on any atom is -0.326 e. The van der Waals surface area contributed by atoms with Gasteiger partial charge in [0.15, 0.2) is 0 Å². The number of nitrogens with two attached hydrogens (primary N) is 1. The molecule has 0 amide bonds. The highest BCUT2D eigenvalue weighted by Gasteiger charge is 2.20. The Labute approximate surface area is 134 Å². The monoisotopic (exact) mass is 354 g/mol. The van der Waals surface area contributed by atoms with Crippen LogP contribution in [0.5, 0.6) is 0 Å². The third-order valence-electron chi connectivity index (χ3n) is 2.86. The molecule has 3 N–H and O–H groups in total. The van der Waals surface area contributed by atoms with Crippen molar-refractivity contribution in [3.8, 4) is 0 Å². The summed E-state index contributed by atoms with van der Waals surface area (Å²) in [6, 6.07) is 1.99. The van der Waals surface area contributed by atoms with Crippen LogP contribution in [-0.2, 0) is 16.6 Å². The van der Waals surface area contributed by atoms with Gasteiger partial charge in [0.2, 0.25) is 10.0 Å². The van der Waals surface area contributed by atoms with E-state index in [4.69, 9.17) is 17.3 Å². The fourth-order valence-corrected chi connectivity index (χ4v) is 4.05. The van der Waals surface area contributed by atoms with Gasteiger partial charge in [-0.15, -0.1) is 0 Å². The molecule has 0 heterocycles. The average Bonchev–Trinajstić information content (AvgIpc) is 2.41. The lowest BCUT2D eigenvalue weighted by Gasteiger charge is -2.15.